The molecular weight excluding hydrogens is 194 g/mol. The lowest BCUT2D eigenvalue weighted by molar-refractivity contribution is -0.0792. The zero-order chi connectivity index (χ0) is 11.9. The molecule has 1 heterocycles. The summed E-state index contributed by atoms with van der Waals surface area (Å²) in [6.45, 7) is 9.47. The summed E-state index contributed by atoms with van der Waals surface area (Å²) in [4.78, 5) is 13.4. The normalized spacial score (nSPS) is 24.7. The van der Waals surface area contributed by atoms with Crippen LogP contribution in [0.1, 0.15) is 41.0 Å². The van der Waals surface area contributed by atoms with E-state index in [9.17, 15) is 4.79 Å². The number of amides is 1. The molecular formula is C11H21NO3. The molecule has 1 atom stereocenters. The molecule has 0 radical (unpaired) electrons. The summed E-state index contributed by atoms with van der Waals surface area (Å²) in [5, 5.41) is 9.09. The molecule has 15 heavy (non-hydrogen) atoms. The van der Waals surface area contributed by atoms with Crippen LogP contribution in [0.4, 0.5) is 4.79 Å². The summed E-state index contributed by atoms with van der Waals surface area (Å²) in [7, 11) is 0. The monoisotopic (exact) mass is 215 g/mol. The summed E-state index contributed by atoms with van der Waals surface area (Å²) in [5.41, 5.74) is -0.682. The second kappa shape index (κ2) is 3.67. The summed E-state index contributed by atoms with van der Waals surface area (Å²) in [5.74, 6) is 0. The number of carbonyl (C=O) groups is 1. The van der Waals surface area contributed by atoms with Crippen molar-refractivity contribution < 1.29 is 14.6 Å². The summed E-state index contributed by atoms with van der Waals surface area (Å²) in [6, 6.07) is -0.0881. The van der Waals surface area contributed by atoms with Gasteiger partial charge in [0, 0.05) is 5.54 Å². The van der Waals surface area contributed by atoms with Gasteiger partial charge in [0.1, 0.15) is 5.60 Å². The van der Waals surface area contributed by atoms with Gasteiger partial charge in [0.2, 0.25) is 0 Å². The molecule has 1 N–H and O–H groups in total. The number of hydrogen-bond donors (Lipinski definition) is 1. The van der Waals surface area contributed by atoms with Crippen LogP contribution in [0.25, 0.3) is 0 Å². The highest BCUT2D eigenvalue weighted by Crippen LogP contribution is 2.36. The molecule has 1 aliphatic heterocycles. The first kappa shape index (κ1) is 12.3. The zero-order valence-electron chi connectivity index (χ0n) is 10.2. The van der Waals surface area contributed by atoms with Crippen LogP contribution in [0.2, 0.25) is 0 Å². The predicted octanol–water partition coefficient (Wildman–Crippen LogP) is 1.77. The molecule has 0 aliphatic carbocycles. The van der Waals surface area contributed by atoms with Crippen LogP contribution in [-0.4, -0.2) is 39.9 Å². The van der Waals surface area contributed by atoms with Crippen molar-refractivity contribution in [3.05, 3.63) is 0 Å². The Kier molecular flexibility index (Phi) is 3.01. The van der Waals surface area contributed by atoms with Gasteiger partial charge in [-0.1, -0.05) is 0 Å². The standard InChI is InChI=1S/C11H21NO3/c1-10(2,3)15-9(14)12-8(7-13)6-11(12,4)5/h8,13H,6-7H2,1-5H3/t8-/m0/s1. The Labute approximate surface area is 91.2 Å². The second-order valence-electron chi connectivity index (χ2n) is 5.70. The van der Waals surface area contributed by atoms with E-state index < -0.39 is 5.60 Å². The Morgan fingerprint density at radius 3 is 2.40 bits per heavy atom. The van der Waals surface area contributed by atoms with Gasteiger partial charge >= 0.3 is 6.09 Å². The molecule has 1 amide bonds. The van der Waals surface area contributed by atoms with Crippen molar-refractivity contribution in [2.45, 2.75) is 58.2 Å². The number of aliphatic hydroxyl groups is 1. The molecule has 0 aromatic rings. The highest BCUT2D eigenvalue weighted by molar-refractivity contribution is 5.71. The predicted molar refractivity (Wildman–Crippen MR) is 57.6 cm³/mol. The van der Waals surface area contributed by atoms with Crippen LogP contribution < -0.4 is 0 Å². The van der Waals surface area contributed by atoms with E-state index >= 15 is 0 Å². The summed E-state index contributed by atoms with van der Waals surface area (Å²) in [6.07, 6.45) is 0.487. The van der Waals surface area contributed by atoms with Crippen LogP contribution in [0.3, 0.4) is 0 Å². The van der Waals surface area contributed by atoms with Gasteiger partial charge in [-0.3, -0.25) is 4.90 Å². The van der Waals surface area contributed by atoms with Crippen LogP contribution in [0.15, 0.2) is 0 Å². The van der Waals surface area contributed by atoms with Gasteiger partial charge in [0.05, 0.1) is 12.6 Å². The smallest absolute Gasteiger partial charge is 0.411 e. The maximum Gasteiger partial charge on any atom is 0.411 e. The van der Waals surface area contributed by atoms with Gasteiger partial charge in [-0.2, -0.15) is 0 Å². The van der Waals surface area contributed by atoms with Crippen LogP contribution in [0.5, 0.6) is 0 Å². The Hall–Kier alpha value is -0.770. The number of rotatable bonds is 1. The highest BCUT2D eigenvalue weighted by Gasteiger charge is 2.48. The highest BCUT2D eigenvalue weighted by atomic mass is 16.6. The quantitative estimate of drug-likeness (QED) is 0.725. The number of nitrogens with zero attached hydrogens (tertiary/aromatic N) is 1. The maximum absolute atomic E-state index is 11.8. The average molecular weight is 215 g/mol. The average Bonchev–Trinajstić information content (AvgIpc) is 1.96. The lowest BCUT2D eigenvalue weighted by atomic mass is 9.82. The molecule has 4 heteroatoms. The fourth-order valence-electron chi connectivity index (χ4n) is 2.00. The van der Waals surface area contributed by atoms with E-state index in [0.717, 1.165) is 6.42 Å². The van der Waals surface area contributed by atoms with Gasteiger partial charge in [-0.15, -0.1) is 0 Å². The third-order valence-corrected chi connectivity index (χ3v) is 2.55. The zero-order valence-corrected chi connectivity index (χ0v) is 10.2. The number of hydrogen-bond acceptors (Lipinski definition) is 3. The van der Waals surface area contributed by atoms with E-state index in [1.165, 1.54) is 0 Å². The van der Waals surface area contributed by atoms with Crippen LogP contribution in [0, 0.1) is 0 Å². The van der Waals surface area contributed by atoms with Crippen LogP contribution in [-0.2, 0) is 4.74 Å². The summed E-state index contributed by atoms with van der Waals surface area (Å²) < 4.78 is 5.29. The molecule has 0 aromatic heterocycles. The largest absolute Gasteiger partial charge is 0.444 e. The molecule has 1 saturated heterocycles. The van der Waals surface area contributed by atoms with E-state index in [1.54, 1.807) is 4.90 Å². The van der Waals surface area contributed by atoms with Crippen molar-refractivity contribution in [3.63, 3.8) is 0 Å². The molecule has 0 saturated carbocycles. The van der Waals surface area contributed by atoms with Gasteiger partial charge in [-0.25, -0.2) is 4.79 Å². The number of likely N-dealkylation sites (tertiary alicyclic amines) is 1. The minimum Gasteiger partial charge on any atom is -0.444 e. The Morgan fingerprint density at radius 2 is 2.07 bits per heavy atom. The van der Waals surface area contributed by atoms with Gasteiger partial charge < -0.3 is 9.84 Å². The minimum absolute atomic E-state index is 0.00265. The third kappa shape index (κ3) is 2.62. The van der Waals surface area contributed by atoms with Crippen molar-refractivity contribution in [1.29, 1.82) is 0 Å². The van der Waals surface area contributed by atoms with Gasteiger partial charge in [0.15, 0.2) is 0 Å². The van der Waals surface area contributed by atoms with E-state index in [0.29, 0.717) is 0 Å². The third-order valence-electron chi connectivity index (χ3n) is 2.55. The van der Waals surface area contributed by atoms with E-state index in [4.69, 9.17) is 9.84 Å². The first-order chi connectivity index (χ1) is 6.67. The van der Waals surface area contributed by atoms with E-state index in [1.807, 2.05) is 34.6 Å². The fraction of sp³-hybridized carbons (Fsp3) is 0.909. The lowest BCUT2D eigenvalue weighted by Gasteiger charge is -2.53. The Bertz CT molecular complexity index is 255. The Morgan fingerprint density at radius 1 is 1.53 bits per heavy atom. The van der Waals surface area contributed by atoms with Crippen molar-refractivity contribution in [3.8, 4) is 0 Å². The lowest BCUT2D eigenvalue weighted by Crippen LogP contribution is -2.66. The second-order valence-corrected chi connectivity index (χ2v) is 5.70. The molecule has 1 fully saturated rings. The molecule has 0 spiro atoms. The van der Waals surface area contributed by atoms with E-state index in [2.05, 4.69) is 0 Å². The number of aliphatic hydroxyl groups excluding tert-OH is 1. The minimum atomic E-state index is -0.483. The molecule has 0 unspecified atom stereocenters. The number of carbonyl (C=O) groups excluding carboxylic acids is 1. The fourth-order valence-corrected chi connectivity index (χ4v) is 2.00. The Balaban J connectivity index is 2.65. The molecule has 4 nitrogen and oxygen atoms in total. The van der Waals surface area contributed by atoms with Gasteiger partial charge in [-0.05, 0) is 41.0 Å². The molecule has 0 bridgehead atoms. The number of ether oxygens (including phenoxy) is 1. The SMILES string of the molecule is CC(C)(C)OC(=O)N1[C@H](CO)CC1(C)C. The molecule has 1 aliphatic rings. The molecule has 88 valence electrons. The van der Waals surface area contributed by atoms with Crippen molar-refractivity contribution in [2.75, 3.05) is 6.61 Å². The topological polar surface area (TPSA) is 49.8 Å². The molecule has 0 aromatic carbocycles. The first-order valence-corrected chi connectivity index (χ1v) is 5.30. The maximum atomic E-state index is 11.8. The molecule has 1 rings (SSSR count). The summed E-state index contributed by atoms with van der Waals surface area (Å²) >= 11 is 0. The first-order valence-electron chi connectivity index (χ1n) is 5.30. The van der Waals surface area contributed by atoms with E-state index in [-0.39, 0.29) is 24.3 Å². The van der Waals surface area contributed by atoms with Crippen LogP contribution >= 0.6 is 0 Å². The van der Waals surface area contributed by atoms with Crippen molar-refractivity contribution >= 4 is 6.09 Å². The van der Waals surface area contributed by atoms with Crippen molar-refractivity contribution in [2.24, 2.45) is 0 Å². The van der Waals surface area contributed by atoms with Crippen molar-refractivity contribution in [1.82, 2.24) is 4.90 Å². The van der Waals surface area contributed by atoms with Gasteiger partial charge in [0.25, 0.3) is 0 Å².